The lowest BCUT2D eigenvalue weighted by Crippen LogP contribution is -2.10. The Hall–Kier alpha value is -1.96. The SMILES string of the molecule is CCC(Nc1cc(N)ccc1C)c1ccccc1. The first-order valence-electron chi connectivity index (χ1n) is 6.38. The Kier molecular flexibility index (Phi) is 3.88. The van der Waals surface area contributed by atoms with Gasteiger partial charge in [0.25, 0.3) is 0 Å². The van der Waals surface area contributed by atoms with Gasteiger partial charge in [-0.05, 0) is 36.6 Å². The zero-order valence-corrected chi connectivity index (χ0v) is 11.0. The highest BCUT2D eigenvalue weighted by Gasteiger charge is 2.09. The summed E-state index contributed by atoms with van der Waals surface area (Å²) >= 11 is 0. The molecule has 2 heteroatoms. The minimum absolute atomic E-state index is 0.326. The number of nitrogens with two attached hydrogens (primary N) is 1. The third-order valence-electron chi connectivity index (χ3n) is 3.20. The van der Waals surface area contributed by atoms with E-state index < -0.39 is 0 Å². The second-order valence-corrected chi connectivity index (χ2v) is 4.59. The van der Waals surface area contributed by atoms with Crippen LogP contribution in [0.3, 0.4) is 0 Å². The van der Waals surface area contributed by atoms with Crippen LogP contribution in [0.2, 0.25) is 0 Å². The van der Waals surface area contributed by atoms with Crippen molar-refractivity contribution in [3.05, 3.63) is 59.7 Å². The monoisotopic (exact) mass is 240 g/mol. The van der Waals surface area contributed by atoms with Gasteiger partial charge < -0.3 is 11.1 Å². The minimum Gasteiger partial charge on any atom is -0.399 e. The summed E-state index contributed by atoms with van der Waals surface area (Å²) in [5, 5.41) is 3.57. The highest BCUT2D eigenvalue weighted by atomic mass is 14.9. The molecule has 1 unspecified atom stereocenters. The van der Waals surface area contributed by atoms with Gasteiger partial charge in [0.1, 0.15) is 0 Å². The van der Waals surface area contributed by atoms with Crippen molar-refractivity contribution in [1.29, 1.82) is 0 Å². The molecule has 0 fully saturated rings. The second kappa shape index (κ2) is 5.58. The lowest BCUT2D eigenvalue weighted by atomic mass is 10.0. The van der Waals surface area contributed by atoms with Crippen LogP contribution in [0.25, 0.3) is 0 Å². The third-order valence-corrected chi connectivity index (χ3v) is 3.20. The van der Waals surface area contributed by atoms with Crippen LogP contribution in [0, 0.1) is 6.92 Å². The van der Waals surface area contributed by atoms with Gasteiger partial charge in [-0.15, -0.1) is 0 Å². The molecule has 18 heavy (non-hydrogen) atoms. The molecule has 2 aromatic rings. The molecule has 3 N–H and O–H groups in total. The van der Waals surface area contributed by atoms with Gasteiger partial charge in [-0.3, -0.25) is 0 Å². The number of nitrogen functional groups attached to an aromatic ring is 1. The van der Waals surface area contributed by atoms with E-state index >= 15 is 0 Å². The molecule has 0 aliphatic rings. The van der Waals surface area contributed by atoms with Gasteiger partial charge in [-0.2, -0.15) is 0 Å². The molecule has 2 rings (SSSR count). The first kappa shape index (κ1) is 12.5. The van der Waals surface area contributed by atoms with Gasteiger partial charge in [0.2, 0.25) is 0 Å². The highest BCUT2D eigenvalue weighted by molar-refractivity contribution is 5.60. The molecule has 1 atom stereocenters. The first-order chi connectivity index (χ1) is 8.70. The molecule has 0 bridgehead atoms. The van der Waals surface area contributed by atoms with Crippen LogP contribution in [0.15, 0.2) is 48.5 Å². The van der Waals surface area contributed by atoms with Gasteiger partial charge in [-0.25, -0.2) is 0 Å². The van der Waals surface area contributed by atoms with Gasteiger partial charge in [0, 0.05) is 11.4 Å². The van der Waals surface area contributed by atoms with Crippen LogP contribution < -0.4 is 11.1 Å². The molecular weight excluding hydrogens is 220 g/mol. The minimum atomic E-state index is 0.326. The number of anilines is 2. The lowest BCUT2D eigenvalue weighted by molar-refractivity contribution is 0.748. The molecule has 0 saturated heterocycles. The largest absolute Gasteiger partial charge is 0.399 e. The molecule has 0 aliphatic carbocycles. The number of hydrogen-bond acceptors (Lipinski definition) is 2. The van der Waals surface area contributed by atoms with Crippen molar-refractivity contribution in [1.82, 2.24) is 0 Å². The molecule has 0 heterocycles. The molecule has 0 aromatic heterocycles. The Morgan fingerprint density at radius 1 is 1.11 bits per heavy atom. The molecular formula is C16H20N2. The van der Waals surface area contributed by atoms with E-state index in [0.29, 0.717) is 6.04 Å². The molecule has 0 amide bonds. The Balaban J connectivity index is 2.23. The van der Waals surface area contributed by atoms with E-state index in [1.54, 1.807) is 0 Å². The highest BCUT2D eigenvalue weighted by Crippen LogP contribution is 2.26. The smallest absolute Gasteiger partial charge is 0.0511 e. The maximum absolute atomic E-state index is 5.84. The van der Waals surface area contributed by atoms with Crippen LogP contribution in [0.5, 0.6) is 0 Å². The van der Waals surface area contributed by atoms with Gasteiger partial charge in [-0.1, -0.05) is 43.3 Å². The van der Waals surface area contributed by atoms with E-state index in [2.05, 4.69) is 49.5 Å². The summed E-state index contributed by atoms with van der Waals surface area (Å²) in [6.07, 6.45) is 1.04. The quantitative estimate of drug-likeness (QED) is 0.788. The van der Waals surface area contributed by atoms with E-state index in [4.69, 9.17) is 5.73 Å². The average Bonchev–Trinajstić information content (AvgIpc) is 2.41. The number of hydrogen-bond donors (Lipinski definition) is 2. The molecule has 0 spiro atoms. The zero-order valence-electron chi connectivity index (χ0n) is 11.0. The number of aryl methyl sites for hydroxylation is 1. The van der Waals surface area contributed by atoms with Crippen molar-refractivity contribution >= 4 is 11.4 Å². The normalized spacial score (nSPS) is 12.1. The maximum Gasteiger partial charge on any atom is 0.0511 e. The van der Waals surface area contributed by atoms with Gasteiger partial charge in [0.05, 0.1) is 6.04 Å². The topological polar surface area (TPSA) is 38.0 Å². The van der Waals surface area contributed by atoms with E-state index in [1.165, 1.54) is 11.1 Å². The van der Waals surface area contributed by atoms with E-state index in [9.17, 15) is 0 Å². The van der Waals surface area contributed by atoms with Crippen molar-refractivity contribution in [2.45, 2.75) is 26.3 Å². The van der Waals surface area contributed by atoms with Crippen molar-refractivity contribution in [2.24, 2.45) is 0 Å². The summed E-state index contributed by atoms with van der Waals surface area (Å²) in [5.74, 6) is 0. The third kappa shape index (κ3) is 2.83. The summed E-state index contributed by atoms with van der Waals surface area (Å²) < 4.78 is 0. The summed E-state index contributed by atoms with van der Waals surface area (Å²) in [4.78, 5) is 0. The van der Waals surface area contributed by atoms with Crippen molar-refractivity contribution in [3.63, 3.8) is 0 Å². The molecule has 94 valence electrons. The van der Waals surface area contributed by atoms with Crippen LogP contribution in [0.4, 0.5) is 11.4 Å². The summed E-state index contributed by atoms with van der Waals surface area (Å²) in [7, 11) is 0. The molecule has 2 nitrogen and oxygen atoms in total. The Morgan fingerprint density at radius 2 is 1.83 bits per heavy atom. The predicted molar refractivity (Wildman–Crippen MR) is 78.7 cm³/mol. The standard InChI is InChI=1S/C16H20N2/c1-3-15(13-7-5-4-6-8-13)18-16-11-14(17)10-9-12(16)2/h4-11,15,18H,3,17H2,1-2H3. The van der Waals surface area contributed by atoms with Crippen LogP contribution in [-0.2, 0) is 0 Å². The zero-order chi connectivity index (χ0) is 13.0. The fraction of sp³-hybridized carbons (Fsp3) is 0.250. The lowest BCUT2D eigenvalue weighted by Gasteiger charge is -2.20. The number of rotatable bonds is 4. The van der Waals surface area contributed by atoms with Crippen molar-refractivity contribution < 1.29 is 0 Å². The first-order valence-corrected chi connectivity index (χ1v) is 6.38. The predicted octanol–water partition coefficient (Wildman–Crippen LogP) is 4.14. The van der Waals surface area contributed by atoms with Crippen LogP contribution in [-0.4, -0.2) is 0 Å². The fourth-order valence-electron chi connectivity index (χ4n) is 2.09. The van der Waals surface area contributed by atoms with Gasteiger partial charge in [0.15, 0.2) is 0 Å². The Morgan fingerprint density at radius 3 is 2.50 bits per heavy atom. The Bertz CT molecular complexity index is 506. The van der Waals surface area contributed by atoms with E-state index in [1.807, 2.05) is 18.2 Å². The maximum atomic E-state index is 5.84. The van der Waals surface area contributed by atoms with Gasteiger partial charge >= 0.3 is 0 Å². The molecule has 0 radical (unpaired) electrons. The van der Waals surface area contributed by atoms with Crippen molar-refractivity contribution in [3.8, 4) is 0 Å². The second-order valence-electron chi connectivity index (χ2n) is 4.59. The fourth-order valence-corrected chi connectivity index (χ4v) is 2.09. The summed E-state index contributed by atoms with van der Waals surface area (Å²) in [5.41, 5.74) is 10.3. The van der Waals surface area contributed by atoms with Crippen LogP contribution >= 0.6 is 0 Å². The number of nitrogens with one attached hydrogen (secondary N) is 1. The van der Waals surface area contributed by atoms with Crippen molar-refractivity contribution in [2.75, 3.05) is 11.1 Å². The van der Waals surface area contributed by atoms with Crippen LogP contribution in [0.1, 0.15) is 30.5 Å². The summed E-state index contributed by atoms with van der Waals surface area (Å²) in [6, 6.07) is 16.8. The summed E-state index contributed by atoms with van der Waals surface area (Å²) in [6.45, 7) is 4.28. The molecule has 0 saturated carbocycles. The van der Waals surface area contributed by atoms with E-state index in [0.717, 1.165) is 17.8 Å². The van der Waals surface area contributed by atoms with E-state index in [-0.39, 0.29) is 0 Å². The molecule has 0 aliphatic heterocycles. The molecule has 2 aromatic carbocycles. The average molecular weight is 240 g/mol. The number of benzene rings is 2. The Labute approximate surface area is 109 Å².